The second-order valence-corrected chi connectivity index (χ2v) is 6.33. The summed E-state index contributed by atoms with van der Waals surface area (Å²) in [5.41, 5.74) is 0. The lowest BCUT2D eigenvalue weighted by Gasteiger charge is -2.33. The molecular formula is C15H18ClF2N3O. The van der Waals surface area contributed by atoms with E-state index in [0.29, 0.717) is 30.4 Å². The quantitative estimate of drug-likeness (QED) is 0.837. The minimum Gasteiger partial charge on any atom is -0.355 e. The molecule has 0 aromatic carbocycles. The maximum Gasteiger partial charge on any atom is 0.251 e. The molecule has 4 nitrogen and oxygen atoms in total. The third-order valence-electron chi connectivity index (χ3n) is 4.38. The van der Waals surface area contributed by atoms with E-state index in [1.807, 2.05) is 4.90 Å². The van der Waals surface area contributed by atoms with Crippen LogP contribution in [-0.4, -0.2) is 47.9 Å². The van der Waals surface area contributed by atoms with Gasteiger partial charge in [0.25, 0.3) is 5.92 Å². The van der Waals surface area contributed by atoms with Crippen molar-refractivity contribution in [3.05, 3.63) is 23.4 Å². The number of rotatable bonds is 2. The molecule has 2 aliphatic heterocycles. The predicted octanol–water partition coefficient (Wildman–Crippen LogP) is 2.82. The molecule has 1 atom stereocenters. The number of nitrogens with zero attached hydrogens (tertiary/aromatic N) is 3. The average Bonchev–Trinajstić information content (AvgIpc) is 2.96. The van der Waals surface area contributed by atoms with E-state index in [-0.39, 0.29) is 37.8 Å². The fraction of sp³-hybridized carbons (Fsp3) is 0.600. The fourth-order valence-corrected chi connectivity index (χ4v) is 3.32. The van der Waals surface area contributed by atoms with Crippen molar-refractivity contribution in [2.75, 3.05) is 31.1 Å². The lowest BCUT2D eigenvalue weighted by Crippen LogP contribution is -2.45. The summed E-state index contributed by atoms with van der Waals surface area (Å²) in [7, 11) is 0. The molecule has 1 amide bonds. The highest BCUT2D eigenvalue weighted by molar-refractivity contribution is 6.32. The van der Waals surface area contributed by atoms with Crippen LogP contribution < -0.4 is 4.90 Å². The van der Waals surface area contributed by atoms with Gasteiger partial charge in [-0.05, 0) is 18.6 Å². The fourth-order valence-electron chi connectivity index (χ4n) is 3.08. The summed E-state index contributed by atoms with van der Waals surface area (Å²) in [5, 5.41) is 0.563. The first-order valence-corrected chi connectivity index (χ1v) is 7.86. The molecule has 0 aliphatic carbocycles. The van der Waals surface area contributed by atoms with Gasteiger partial charge in [0, 0.05) is 45.2 Å². The van der Waals surface area contributed by atoms with Crippen molar-refractivity contribution in [3.63, 3.8) is 0 Å². The molecule has 2 saturated heterocycles. The van der Waals surface area contributed by atoms with Crippen LogP contribution in [0, 0.1) is 5.92 Å². The SMILES string of the molecule is O=C(C1CCN(c2ncccc2Cl)C1)N1CCC(F)(F)CC1. The molecule has 1 unspecified atom stereocenters. The monoisotopic (exact) mass is 329 g/mol. The molecule has 0 spiro atoms. The molecular weight excluding hydrogens is 312 g/mol. The van der Waals surface area contributed by atoms with E-state index in [1.165, 1.54) is 0 Å². The van der Waals surface area contributed by atoms with Crippen LogP contribution in [0.2, 0.25) is 5.02 Å². The number of pyridine rings is 1. The molecule has 0 saturated carbocycles. The zero-order chi connectivity index (χ0) is 15.7. The van der Waals surface area contributed by atoms with Gasteiger partial charge in [0.15, 0.2) is 0 Å². The number of alkyl halides is 2. The van der Waals surface area contributed by atoms with Gasteiger partial charge in [-0.15, -0.1) is 0 Å². The van der Waals surface area contributed by atoms with Gasteiger partial charge in [-0.25, -0.2) is 13.8 Å². The normalized spacial score (nSPS) is 24.6. The number of halogens is 3. The Labute approximate surface area is 133 Å². The summed E-state index contributed by atoms with van der Waals surface area (Å²) >= 11 is 6.13. The third kappa shape index (κ3) is 3.16. The van der Waals surface area contributed by atoms with E-state index < -0.39 is 5.92 Å². The Bertz CT molecular complexity index is 559. The van der Waals surface area contributed by atoms with Gasteiger partial charge in [-0.1, -0.05) is 11.6 Å². The van der Waals surface area contributed by atoms with Gasteiger partial charge >= 0.3 is 0 Å². The molecule has 3 rings (SSSR count). The molecule has 1 aromatic heterocycles. The lowest BCUT2D eigenvalue weighted by atomic mass is 10.0. The highest BCUT2D eigenvalue weighted by atomic mass is 35.5. The minimum absolute atomic E-state index is 0.0231. The van der Waals surface area contributed by atoms with E-state index in [2.05, 4.69) is 4.98 Å². The standard InChI is InChI=1S/C15H18ClF2N3O/c16-12-2-1-6-19-13(12)21-7-3-11(10-21)14(22)20-8-4-15(17,18)5-9-20/h1-2,6,11H,3-5,7-10H2. The minimum atomic E-state index is -2.63. The van der Waals surface area contributed by atoms with Crippen LogP contribution >= 0.6 is 11.6 Å². The van der Waals surface area contributed by atoms with E-state index in [9.17, 15) is 13.6 Å². The van der Waals surface area contributed by atoms with Gasteiger partial charge in [-0.2, -0.15) is 0 Å². The summed E-state index contributed by atoms with van der Waals surface area (Å²) in [6, 6.07) is 3.53. The zero-order valence-corrected chi connectivity index (χ0v) is 12.9. The smallest absolute Gasteiger partial charge is 0.251 e. The molecule has 1 aromatic rings. The van der Waals surface area contributed by atoms with Crippen molar-refractivity contribution in [3.8, 4) is 0 Å². The summed E-state index contributed by atoms with van der Waals surface area (Å²) in [4.78, 5) is 20.3. The highest BCUT2D eigenvalue weighted by Crippen LogP contribution is 2.31. The summed E-state index contributed by atoms with van der Waals surface area (Å²) in [6.07, 6.45) is 1.91. The van der Waals surface area contributed by atoms with Crippen LogP contribution in [0.15, 0.2) is 18.3 Å². The average molecular weight is 330 g/mol. The number of carbonyl (C=O) groups excluding carboxylic acids is 1. The number of piperidine rings is 1. The van der Waals surface area contributed by atoms with E-state index in [4.69, 9.17) is 11.6 Å². The Hall–Kier alpha value is -1.43. The second kappa shape index (κ2) is 5.99. The van der Waals surface area contributed by atoms with Crippen molar-refractivity contribution < 1.29 is 13.6 Å². The largest absolute Gasteiger partial charge is 0.355 e. The van der Waals surface area contributed by atoms with Crippen LogP contribution in [0.25, 0.3) is 0 Å². The summed E-state index contributed by atoms with van der Waals surface area (Å²) in [6.45, 7) is 1.54. The molecule has 0 N–H and O–H groups in total. The van der Waals surface area contributed by atoms with Crippen molar-refractivity contribution in [2.24, 2.45) is 5.92 Å². The Kier molecular flexibility index (Phi) is 4.21. The van der Waals surface area contributed by atoms with Crippen LogP contribution in [0.4, 0.5) is 14.6 Å². The van der Waals surface area contributed by atoms with Crippen LogP contribution in [0.1, 0.15) is 19.3 Å². The molecule has 3 heterocycles. The topological polar surface area (TPSA) is 36.4 Å². The third-order valence-corrected chi connectivity index (χ3v) is 4.68. The van der Waals surface area contributed by atoms with Gasteiger partial charge < -0.3 is 9.80 Å². The lowest BCUT2D eigenvalue weighted by molar-refractivity contribution is -0.140. The van der Waals surface area contributed by atoms with Crippen molar-refractivity contribution in [1.82, 2.24) is 9.88 Å². The van der Waals surface area contributed by atoms with Crippen molar-refractivity contribution >= 4 is 23.3 Å². The first-order chi connectivity index (χ1) is 10.5. The number of carbonyl (C=O) groups is 1. The second-order valence-electron chi connectivity index (χ2n) is 5.92. The van der Waals surface area contributed by atoms with Crippen LogP contribution in [0.5, 0.6) is 0 Å². The van der Waals surface area contributed by atoms with Crippen LogP contribution in [-0.2, 0) is 4.79 Å². The number of amides is 1. The molecule has 0 bridgehead atoms. The molecule has 120 valence electrons. The molecule has 0 radical (unpaired) electrons. The Morgan fingerprint density at radius 1 is 1.32 bits per heavy atom. The predicted molar refractivity (Wildman–Crippen MR) is 80.3 cm³/mol. The first kappa shape index (κ1) is 15.5. The number of hydrogen-bond donors (Lipinski definition) is 0. The summed E-state index contributed by atoms with van der Waals surface area (Å²) < 4.78 is 26.4. The number of hydrogen-bond acceptors (Lipinski definition) is 3. The van der Waals surface area contributed by atoms with Gasteiger partial charge in [0.2, 0.25) is 5.91 Å². The maximum atomic E-state index is 13.2. The number of likely N-dealkylation sites (tertiary alicyclic amines) is 1. The Morgan fingerprint density at radius 2 is 2.05 bits per heavy atom. The highest BCUT2D eigenvalue weighted by Gasteiger charge is 2.39. The van der Waals surface area contributed by atoms with Crippen molar-refractivity contribution in [2.45, 2.75) is 25.2 Å². The number of aromatic nitrogens is 1. The van der Waals surface area contributed by atoms with E-state index >= 15 is 0 Å². The zero-order valence-electron chi connectivity index (χ0n) is 12.1. The maximum absolute atomic E-state index is 13.2. The van der Waals surface area contributed by atoms with E-state index in [1.54, 1.807) is 23.2 Å². The molecule has 2 fully saturated rings. The van der Waals surface area contributed by atoms with Gasteiger partial charge in [-0.3, -0.25) is 4.79 Å². The molecule has 7 heteroatoms. The Morgan fingerprint density at radius 3 is 2.73 bits per heavy atom. The van der Waals surface area contributed by atoms with Gasteiger partial charge in [0.1, 0.15) is 5.82 Å². The van der Waals surface area contributed by atoms with Crippen LogP contribution in [0.3, 0.4) is 0 Å². The molecule has 2 aliphatic rings. The van der Waals surface area contributed by atoms with Gasteiger partial charge in [0.05, 0.1) is 10.9 Å². The van der Waals surface area contributed by atoms with Crippen molar-refractivity contribution in [1.29, 1.82) is 0 Å². The number of anilines is 1. The first-order valence-electron chi connectivity index (χ1n) is 7.48. The van der Waals surface area contributed by atoms with E-state index in [0.717, 1.165) is 0 Å². The Balaban J connectivity index is 1.61. The summed E-state index contributed by atoms with van der Waals surface area (Å²) in [5.74, 6) is -2.13. The molecule has 22 heavy (non-hydrogen) atoms.